The number of rotatable bonds is 9. The molecule has 1 N–H and O–H groups in total. The van der Waals surface area contributed by atoms with E-state index in [9.17, 15) is 5.11 Å². The zero-order valence-corrected chi connectivity index (χ0v) is 19.7. The second-order valence-corrected chi connectivity index (χ2v) is 15.3. The summed E-state index contributed by atoms with van der Waals surface area (Å²) >= 11 is 3.46. The highest BCUT2D eigenvalue weighted by molar-refractivity contribution is 9.10. The summed E-state index contributed by atoms with van der Waals surface area (Å²) in [5.41, 5.74) is 1.19. The minimum absolute atomic E-state index is 0.191. The molecule has 0 amide bonds. The van der Waals surface area contributed by atoms with Gasteiger partial charge in [-0.05, 0) is 54.1 Å². The molecule has 25 heavy (non-hydrogen) atoms. The molecule has 0 fully saturated rings. The molecule has 0 bridgehead atoms. The molecule has 1 atom stereocenters. The maximum Gasteiger partial charge on any atom is 0.192 e. The zero-order chi connectivity index (χ0) is 19.3. The minimum atomic E-state index is -1.67. The Hall–Kier alpha value is -0.163. The van der Waals surface area contributed by atoms with Gasteiger partial charge >= 0.3 is 0 Å². The van der Waals surface area contributed by atoms with Crippen LogP contribution < -0.4 is 0 Å². The van der Waals surface area contributed by atoms with Crippen molar-refractivity contribution in [3.05, 3.63) is 34.3 Å². The van der Waals surface area contributed by atoms with Crippen molar-refractivity contribution >= 4 is 24.2 Å². The topological polar surface area (TPSA) is 29.5 Å². The van der Waals surface area contributed by atoms with E-state index in [-0.39, 0.29) is 16.6 Å². The van der Waals surface area contributed by atoms with Crippen molar-refractivity contribution in [1.29, 1.82) is 0 Å². The van der Waals surface area contributed by atoms with E-state index in [0.29, 0.717) is 0 Å². The van der Waals surface area contributed by atoms with E-state index in [4.69, 9.17) is 4.43 Å². The Kier molecular flexibility index (Phi) is 8.38. The summed E-state index contributed by atoms with van der Waals surface area (Å²) < 4.78 is 7.42. The van der Waals surface area contributed by atoms with Crippen molar-refractivity contribution in [3.8, 4) is 0 Å². The van der Waals surface area contributed by atoms with Crippen LogP contribution in [0.4, 0.5) is 0 Å². The molecule has 0 saturated carbocycles. The summed E-state index contributed by atoms with van der Waals surface area (Å²) in [6.45, 7) is 16.9. The lowest BCUT2D eigenvalue weighted by Crippen LogP contribution is -2.43. The molecule has 0 aliphatic rings. The first kappa shape index (κ1) is 22.9. The van der Waals surface area contributed by atoms with Gasteiger partial charge in [0.15, 0.2) is 8.32 Å². The molecule has 0 aliphatic carbocycles. The number of unbranched alkanes of at least 4 members (excludes halogenated alkanes) is 1. The summed E-state index contributed by atoms with van der Waals surface area (Å²) in [5.74, 6) is 0. The molecule has 1 aromatic carbocycles. The van der Waals surface area contributed by atoms with Gasteiger partial charge in [0.1, 0.15) is 0 Å². The average molecular weight is 430 g/mol. The van der Waals surface area contributed by atoms with Crippen LogP contribution in [0, 0.1) is 5.41 Å². The second kappa shape index (κ2) is 9.16. The quantitative estimate of drug-likeness (QED) is 0.335. The molecule has 0 aliphatic heterocycles. The van der Waals surface area contributed by atoms with E-state index in [2.05, 4.69) is 63.6 Å². The standard InChI is InChI=1S/C21H37BrO2Si/c1-20(2,3)25(6,7)24-16-21(4,5)14-9-8-13-19(23)17-11-10-12-18(22)15-17/h10-12,15,19,23H,8-9,13-14,16H2,1-7H3. The van der Waals surface area contributed by atoms with Crippen LogP contribution in [-0.4, -0.2) is 20.0 Å². The lowest BCUT2D eigenvalue weighted by Gasteiger charge is -2.39. The highest BCUT2D eigenvalue weighted by atomic mass is 79.9. The molecule has 1 unspecified atom stereocenters. The van der Waals surface area contributed by atoms with Gasteiger partial charge in [0.2, 0.25) is 0 Å². The lowest BCUT2D eigenvalue weighted by atomic mass is 9.87. The van der Waals surface area contributed by atoms with Gasteiger partial charge in [-0.25, -0.2) is 0 Å². The van der Waals surface area contributed by atoms with E-state index in [1.807, 2.05) is 24.3 Å². The van der Waals surface area contributed by atoms with Crippen LogP contribution in [0.2, 0.25) is 18.1 Å². The Labute approximate surface area is 164 Å². The molecule has 1 aromatic rings. The Morgan fingerprint density at radius 1 is 1.12 bits per heavy atom. The first-order chi connectivity index (χ1) is 11.3. The van der Waals surface area contributed by atoms with E-state index in [1.165, 1.54) is 0 Å². The van der Waals surface area contributed by atoms with Gasteiger partial charge in [0.05, 0.1) is 6.10 Å². The summed E-state index contributed by atoms with van der Waals surface area (Å²) in [5, 5.41) is 10.6. The van der Waals surface area contributed by atoms with Crippen molar-refractivity contribution in [2.45, 2.75) is 84.5 Å². The minimum Gasteiger partial charge on any atom is -0.416 e. The predicted octanol–water partition coefficient (Wildman–Crippen LogP) is 7.09. The Morgan fingerprint density at radius 2 is 1.76 bits per heavy atom. The van der Waals surface area contributed by atoms with Crippen molar-refractivity contribution in [1.82, 2.24) is 0 Å². The Bertz CT molecular complexity index is 535. The van der Waals surface area contributed by atoms with Crippen LogP contribution in [-0.2, 0) is 4.43 Å². The van der Waals surface area contributed by atoms with Gasteiger partial charge in [-0.2, -0.15) is 0 Å². The monoisotopic (exact) mass is 428 g/mol. The summed E-state index contributed by atoms with van der Waals surface area (Å²) in [6, 6.07) is 7.96. The normalized spacial score (nSPS) is 14.6. The molecular weight excluding hydrogens is 392 g/mol. The number of hydrogen-bond acceptors (Lipinski definition) is 2. The van der Waals surface area contributed by atoms with Crippen LogP contribution in [0.25, 0.3) is 0 Å². The van der Waals surface area contributed by atoms with Crippen LogP contribution in [0.1, 0.15) is 72.0 Å². The molecule has 144 valence electrons. The molecule has 4 heteroatoms. The third-order valence-electron chi connectivity index (χ3n) is 5.44. The lowest BCUT2D eigenvalue weighted by molar-refractivity contribution is 0.141. The molecular formula is C21H37BrO2Si. The maximum atomic E-state index is 10.3. The second-order valence-electron chi connectivity index (χ2n) is 9.53. The molecule has 0 heterocycles. The molecule has 2 nitrogen and oxygen atoms in total. The third-order valence-corrected chi connectivity index (χ3v) is 10.4. The van der Waals surface area contributed by atoms with E-state index in [0.717, 1.165) is 42.3 Å². The summed E-state index contributed by atoms with van der Waals surface area (Å²) in [4.78, 5) is 0. The first-order valence-corrected chi connectivity index (χ1v) is 13.1. The highest BCUT2D eigenvalue weighted by Gasteiger charge is 2.38. The molecule has 0 spiro atoms. The van der Waals surface area contributed by atoms with Crippen molar-refractivity contribution in [3.63, 3.8) is 0 Å². The van der Waals surface area contributed by atoms with Crippen molar-refractivity contribution in [2.24, 2.45) is 5.41 Å². The van der Waals surface area contributed by atoms with E-state index in [1.54, 1.807) is 0 Å². The smallest absolute Gasteiger partial charge is 0.192 e. The van der Waals surface area contributed by atoms with Gasteiger partial charge in [0, 0.05) is 11.1 Å². The van der Waals surface area contributed by atoms with Gasteiger partial charge in [-0.1, -0.05) is 75.5 Å². The molecule has 0 saturated heterocycles. The number of halogens is 1. The fraction of sp³-hybridized carbons (Fsp3) is 0.714. The summed E-state index contributed by atoms with van der Waals surface area (Å²) in [7, 11) is -1.67. The predicted molar refractivity (Wildman–Crippen MR) is 114 cm³/mol. The molecule has 0 radical (unpaired) electrons. The third kappa shape index (κ3) is 7.94. The van der Waals surface area contributed by atoms with Crippen LogP contribution >= 0.6 is 15.9 Å². The van der Waals surface area contributed by atoms with Crippen molar-refractivity contribution < 1.29 is 9.53 Å². The SMILES string of the molecule is CC(C)(CCCCC(O)c1cccc(Br)c1)CO[Si](C)(C)C(C)(C)C. The van der Waals surface area contributed by atoms with Crippen LogP contribution in [0.3, 0.4) is 0 Å². The van der Waals surface area contributed by atoms with Gasteiger partial charge in [0.25, 0.3) is 0 Å². The van der Waals surface area contributed by atoms with Gasteiger partial charge in [-0.3, -0.25) is 0 Å². The molecule has 0 aromatic heterocycles. The number of aliphatic hydroxyl groups excluding tert-OH is 1. The van der Waals surface area contributed by atoms with Crippen LogP contribution in [0.5, 0.6) is 0 Å². The summed E-state index contributed by atoms with van der Waals surface area (Å²) in [6.07, 6.45) is 3.74. The van der Waals surface area contributed by atoms with Crippen LogP contribution in [0.15, 0.2) is 28.7 Å². The number of aliphatic hydroxyl groups is 1. The largest absolute Gasteiger partial charge is 0.416 e. The zero-order valence-electron chi connectivity index (χ0n) is 17.2. The van der Waals surface area contributed by atoms with E-state index >= 15 is 0 Å². The Balaban J connectivity index is 2.37. The number of benzene rings is 1. The maximum absolute atomic E-state index is 10.3. The fourth-order valence-corrected chi connectivity index (χ4v) is 4.09. The fourth-order valence-electron chi connectivity index (χ4n) is 2.49. The first-order valence-electron chi connectivity index (χ1n) is 9.42. The number of hydrogen-bond donors (Lipinski definition) is 1. The van der Waals surface area contributed by atoms with Crippen molar-refractivity contribution in [2.75, 3.05) is 6.61 Å². The molecule has 1 rings (SSSR count). The van der Waals surface area contributed by atoms with E-state index < -0.39 is 8.32 Å². The Morgan fingerprint density at radius 3 is 2.32 bits per heavy atom. The average Bonchev–Trinajstić information content (AvgIpc) is 2.48. The van der Waals surface area contributed by atoms with Gasteiger partial charge in [-0.15, -0.1) is 0 Å². The highest BCUT2D eigenvalue weighted by Crippen LogP contribution is 2.38. The van der Waals surface area contributed by atoms with Gasteiger partial charge < -0.3 is 9.53 Å².